The lowest BCUT2D eigenvalue weighted by atomic mass is 9.83. The van der Waals surface area contributed by atoms with Crippen LogP contribution in [0.3, 0.4) is 0 Å². The van der Waals surface area contributed by atoms with Crippen LogP contribution >= 0.6 is 0 Å². The van der Waals surface area contributed by atoms with Crippen LogP contribution in [-0.4, -0.2) is 60.9 Å². The van der Waals surface area contributed by atoms with Crippen molar-refractivity contribution in [2.24, 2.45) is 10.8 Å². The SMILES string of the molecule is CC1(CCCCCCCCC(=O)O)COC1.CC1(CCCCCCCCCO)COC1.N#CCO. The third kappa shape index (κ3) is 20.7. The highest BCUT2D eigenvalue weighted by molar-refractivity contribution is 5.66. The highest BCUT2D eigenvalue weighted by Crippen LogP contribution is 2.33. The molecule has 2 aliphatic heterocycles. The summed E-state index contributed by atoms with van der Waals surface area (Å²) in [6.07, 6.45) is 18.7. The van der Waals surface area contributed by atoms with Gasteiger partial charge in [0.1, 0.15) is 6.61 Å². The van der Waals surface area contributed by atoms with Crippen molar-refractivity contribution >= 4 is 5.97 Å². The number of carbonyl (C=O) groups is 1. The van der Waals surface area contributed by atoms with Gasteiger partial charge in [-0.15, -0.1) is 0 Å². The molecule has 2 fully saturated rings. The molecule has 0 aliphatic carbocycles. The van der Waals surface area contributed by atoms with E-state index in [4.69, 9.17) is 30.1 Å². The summed E-state index contributed by atoms with van der Waals surface area (Å²) in [6, 6.07) is 1.49. The minimum Gasteiger partial charge on any atom is -0.481 e. The van der Waals surface area contributed by atoms with E-state index in [1.54, 1.807) is 0 Å². The van der Waals surface area contributed by atoms with Gasteiger partial charge in [0.15, 0.2) is 0 Å². The number of aliphatic hydroxyl groups excluding tert-OH is 2. The Hall–Kier alpha value is -1.20. The van der Waals surface area contributed by atoms with E-state index in [-0.39, 0.29) is 6.61 Å². The number of hydrogen-bond donors (Lipinski definition) is 3. The smallest absolute Gasteiger partial charge is 0.303 e. The van der Waals surface area contributed by atoms with Gasteiger partial charge in [0.25, 0.3) is 0 Å². The molecule has 2 heterocycles. The van der Waals surface area contributed by atoms with Crippen molar-refractivity contribution in [2.45, 2.75) is 117 Å². The second-order valence-electron chi connectivity index (χ2n) is 10.9. The van der Waals surface area contributed by atoms with E-state index in [0.717, 1.165) is 45.7 Å². The van der Waals surface area contributed by atoms with Gasteiger partial charge >= 0.3 is 5.97 Å². The first kappa shape index (κ1) is 33.8. The van der Waals surface area contributed by atoms with Crippen molar-refractivity contribution in [2.75, 3.05) is 39.6 Å². The van der Waals surface area contributed by atoms with E-state index in [1.165, 1.54) is 83.1 Å². The number of carboxylic acid groups (broad SMARTS) is 1. The van der Waals surface area contributed by atoms with Crippen LogP contribution in [0.1, 0.15) is 117 Å². The lowest BCUT2D eigenvalue weighted by Crippen LogP contribution is -2.39. The number of unbranched alkanes of at least 4 members (excludes halogenated alkanes) is 11. The molecule has 206 valence electrons. The van der Waals surface area contributed by atoms with Crippen molar-refractivity contribution < 1.29 is 29.6 Å². The number of hydrogen-bond acceptors (Lipinski definition) is 6. The minimum atomic E-state index is -0.669. The number of ether oxygens (including phenoxy) is 2. The molecule has 0 amide bonds. The maximum Gasteiger partial charge on any atom is 0.303 e. The predicted molar refractivity (Wildman–Crippen MR) is 139 cm³/mol. The third-order valence-corrected chi connectivity index (χ3v) is 6.73. The highest BCUT2D eigenvalue weighted by atomic mass is 16.5. The number of carboxylic acids is 1. The van der Waals surface area contributed by atoms with Crippen LogP contribution in [-0.2, 0) is 14.3 Å². The molecule has 0 aromatic heterocycles. The standard InChI is InChI=1S/C13H24O3.C13H26O2.C2H3NO/c1-13(10-16-11-13)9-7-5-3-2-4-6-8-12(14)15;1-13(11-15-12-13)9-7-5-3-2-4-6-8-10-14;3-1-2-4/h2-11H2,1H3,(H,14,15);14H,2-12H2,1H3;4H,2H2. The van der Waals surface area contributed by atoms with E-state index in [9.17, 15) is 4.79 Å². The second kappa shape index (κ2) is 22.0. The Labute approximate surface area is 214 Å². The fourth-order valence-corrected chi connectivity index (χ4v) is 4.27. The molecule has 2 rings (SSSR count). The Morgan fingerprint density at radius 1 is 0.714 bits per heavy atom. The monoisotopic (exact) mass is 499 g/mol. The molecule has 35 heavy (non-hydrogen) atoms. The topological polar surface area (TPSA) is 120 Å². The van der Waals surface area contributed by atoms with Crippen LogP contribution < -0.4 is 0 Å². The van der Waals surface area contributed by atoms with Crippen LogP contribution in [0, 0.1) is 22.2 Å². The summed E-state index contributed by atoms with van der Waals surface area (Å²) in [6.45, 7) is 8.43. The van der Waals surface area contributed by atoms with Gasteiger partial charge < -0.3 is 24.8 Å². The molecule has 0 aromatic carbocycles. The summed E-state index contributed by atoms with van der Waals surface area (Å²) >= 11 is 0. The van der Waals surface area contributed by atoms with Gasteiger partial charge in [0.2, 0.25) is 0 Å². The van der Waals surface area contributed by atoms with Gasteiger partial charge in [0.05, 0.1) is 32.5 Å². The number of rotatable bonds is 18. The lowest BCUT2D eigenvalue weighted by molar-refractivity contribution is -0.137. The van der Waals surface area contributed by atoms with Gasteiger partial charge in [0, 0.05) is 23.9 Å². The first-order valence-electron chi connectivity index (χ1n) is 13.8. The molecular weight excluding hydrogens is 446 g/mol. The summed E-state index contributed by atoms with van der Waals surface area (Å²) in [4.78, 5) is 10.3. The van der Waals surface area contributed by atoms with Crippen molar-refractivity contribution in [1.82, 2.24) is 0 Å². The van der Waals surface area contributed by atoms with Gasteiger partial charge in [-0.05, 0) is 25.7 Å². The highest BCUT2D eigenvalue weighted by Gasteiger charge is 2.32. The zero-order valence-electron chi connectivity index (χ0n) is 22.6. The number of aliphatic hydroxyl groups is 2. The summed E-state index contributed by atoms with van der Waals surface area (Å²) in [7, 11) is 0. The minimum absolute atomic E-state index is 0.329. The fraction of sp³-hybridized carbons (Fsp3) is 0.929. The van der Waals surface area contributed by atoms with Crippen LogP contribution in [0.2, 0.25) is 0 Å². The molecule has 2 saturated heterocycles. The van der Waals surface area contributed by atoms with Crippen LogP contribution in [0.4, 0.5) is 0 Å². The van der Waals surface area contributed by atoms with Crippen molar-refractivity contribution in [3.8, 4) is 6.07 Å². The summed E-state index contributed by atoms with van der Waals surface area (Å²) in [5.74, 6) is -0.669. The van der Waals surface area contributed by atoms with E-state index < -0.39 is 5.97 Å². The zero-order valence-corrected chi connectivity index (χ0v) is 22.6. The van der Waals surface area contributed by atoms with Gasteiger partial charge in [-0.2, -0.15) is 5.26 Å². The molecule has 2 aliphatic rings. The maximum atomic E-state index is 10.3. The molecule has 0 radical (unpaired) electrons. The Bertz CT molecular complexity index is 540. The quantitative estimate of drug-likeness (QED) is 0.159. The van der Waals surface area contributed by atoms with Crippen LogP contribution in [0.5, 0.6) is 0 Å². The number of aliphatic carboxylic acids is 1. The second-order valence-corrected chi connectivity index (χ2v) is 10.9. The van der Waals surface area contributed by atoms with Crippen molar-refractivity contribution in [1.29, 1.82) is 5.26 Å². The Kier molecular flexibility index (Phi) is 21.3. The van der Waals surface area contributed by atoms with E-state index in [2.05, 4.69) is 13.8 Å². The lowest BCUT2D eigenvalue weighted by Gasteiger charge is -2.38. The Balaban J connectivity index is 0.000000574. The first-order chi connectivity index (χ1) is 16.8. The van der Waals surface area contributed by atoms with E-state index >= 15 is 0 Å². The number of nitrogens with zero attached hydrogens (tertiary/aromatic N) is 1. The molecule has 0 aromatic rings. The molecule has 0 bridgehead atoms. The molecule has 7 heteroatoms. The summed E-state index contributed by atoms with van der Waals surface area (Å²) in [5, 5.41) is 32.0. The molecule has 3 N–H and O–H groups in total. The number of nitriles is 1. The molecule has 0 saturated carbocycles. The van der Waals surface area contributed by atoms with E-state index in [0.29, 0.717) is 23.9 Å². The molecule has 0 atom stereocenters. The van der Waals surface area contributed by atoms with Gasteiger partial charge in [-0.25, -0.2) is 0 Å². The Morgan fingerprint density at radius 2 is 1.06 bits per heavy atom. The van der Waals surface area contributed by atoms with Gasteiger partial charge in [-0.1, -0.05) is 84.5 Å². The third-order valence-electron chi connectivity index (χ3n) is 6.73. The molecular formula is C28H53NO6. The average molecular weight is 500 g/mol. The summed E-state index contributed by atoms with van der Waals surface area (Å²) in [5.41, 5.74) is 0.972. The van der Waals surface area contributed by atoms with Crippen molar-refractivity contribution in [3.63, 3.8) is 0 Å². The zero-order chi connectivity index (χ0) is 26.3. The van der Waals surface area contributed by atoms with Crippen molar-refractivity contribution in [3.05, 3.63) is 0 Å². The summed E-state index contributed by atoms with van der Waals surface area (Å²) < 4.78 is 10.5. The van der Waals surface area contributed by atoms with Gasteiger partial charge in [-0.3, -0.25) is 4.79 Å². The average Bonchev–Trinajstić information content (AvgIpc) is 2.80. The predicted octanol–water partition coefficient (Wildman–Crippen LogP) is 5.87. The van der Waals surface area contributed by atoms with Crippen LogP contribution in [0.15, 0.2) is 0 Å². The largest absolute Gasteiger partial charge is 0.481 e. The fourth-order valence-electron chi connectivity index (χ4n) is 4.27. The Morgan fingerprint density at radius 3 is 1.34 bits per heavy atom. The molecule has 7 nitrogen and oxygen atoms in total. The molecule has 0 unspecified atom stereocenters. The first-order valence-corrected chi connectivity index (χ1v) is 13.8. The van der Waals surface area contributed by atoms with Crippen LogP contribution in [0.25, 0.3) is 0 Å². The molecule has 0 spiro atoms. The normalized spacial score (nSPS) is 16.9. The van der Waals surface area contributed by atoms with E-state index in [1.807, 2.05) is 0 Å². The maximum absolute atomic E-state index is 10.3.